The Morgan fingerprint density at radius 3 is 2.97 bits per heavy atom. The minimum atomic E-state index is -0.140. The van der Waals surface area contributed by atoms with Crippen molar-refractivity contribution in [2.24, 2.45) is 4.99 Å². The Morgan fingerprint density at radius 2 is 2.13 bits per heavy atom. The summed E-state index contributed by atoms with van der Waals surface area (Å²) in [7, 11) is 0. The van der Waals surface area contributed by atoms with Gasteiger partial charge in [-0.1, -0.05) is 30.6 Å². The third kappa shape index (κ3) is 4.89. The van der Waals surface area contributed by atoms with Crippen LogP contribution in [0, 0.1) is 0 Å². The van der Waals surface area contributed by atoms with Gasteiger partial charge in [-0.25, -0.2) is 9.97 Å². The van der Waals surface area contributed by atoms with Crippen LogP contribution in [0.3, 0.4) is 0 Å². The molecule has 3 heterocycles. The molecule has 30 heavy (non-hydrogen) atoms. The third-order valence-electron chi connectivity index (χ3n) is 4.95. The molecule has 0 radical (unpaired) electrons. The monoisotopic (exact) mass is 437 g/mol. The Morgan fingerprint density at radius 1 is 1.30 bits per heavy atom. The highest BCUT2D eigenvalue weighted by Crippen LogP contribution is 2.27. The van der Waals surface area contributed by atoms with E-state index in [1.165, 1.54) is 28.5 Å². The molecule has 0 saturated carbocycles. The Hall–Kier alpha value is -2.68. The molecule has 1 aliphatic heterocycles. The molecule has 6 nitrogen and oxygen atoms in total. The second-order valence-electron chi connectivity index (χ2n) is 7.25. The molecule has 1 N–H and O–H groups in total. The van der Waals surface area contributed by atoms with Crippen LogP contribution in [0.25, 0.3) is 15.9 Å². The molecule has 3 aromatic rings. The number of nitrogens with zero attached hydrogens (tertiary/aromatic N) is 4. The lowest BCUT2D eigenvalue weighted by atomic mass is 10.1. The molecule has 2 aromatic heterocycles. The van der Waals surface area contributed by atoms with Crippen LogP contribution in [0.4, 0.5) is 5.13 Å². The highest BCUT2D eigenvalue weighted by Gasteiger charge is 2.17. The van der Waals surface area contributed by atoms with Crippen molar-refractivity contribution >= 4 is 55.3 Å². The van der Waals surface area contributed by atoms with Crippen molar-refractivity contribution in [1.82, 2.24) is 14.9 Å². The number of carbonyl (C=O) groups is 1. The van der Waals surface area contributed by atoms with Crippen molar-refractivity contribution in [2.75, 3.05) is 18.4 Å². The van der Waals surface area contributed by atoms with Gasteiger partial charge in [0.15, 0.2) is 5.13 Å². The number of rotatable bonds is 5. The zero-order valence-electron chi connectivity index (χ0n) is 16.9. The second-order valence-corrected chi connectivity index (χ2v) is 9.17. The molecule has 1 aliphatic rings. The molecule has 1 amide bonds. The molecular formula is C22H23N5OS2. The molecule has 154 valence electrons. The van der Waals surface area contributed by atoms with Crippen LogP contribution in [0.1, 0.15) is 30.2 Å². The van der Waals surface area contributed by atoms with E-state index < -0.39 is 0 Å². The number of amides is 1. The molecule has 1 saturated heterocycles. The van der Waals surface area contributed by atoms with E-state index in [4.69, 9.17) is 4.99 Å². The number of aromatic nitrogens is 2. The Kier molecular flexibility index (Phi) is 6.17. The van der Waals surface area contributed by atoms with E-state index in [-0.39, 0.29) is 5.91 Å². The van der Waals surface area contributed by atoms with Gasteiger partial charge in [-0.15, -0.1) is 11.3 Å². The predicted molar refractivity (Wildman–Crippen MR) is 126 cm³/mol. The Labute approximate surface area is 183 Å². The number of carbonyl (C=O) groups excluding carboxylic acids is 1. The fraction of sp³-hybridized carbons (Fsp3) is 0.273. The van der Waals surface area contributed by atoms with Gasteiger partial charge in [0.2, 0.25) is 5.91 Å². The van der Waals surface area contributed by atoms with Gasteiger partial charge in [0.1, 0.15) is 0 Å². The van der Waals surface area contributed by atoms with Gasteiger partial charge in [0.25, 0.3) is 0 Å². The standard InChI is InChI=1S/C22H23N5OS2/c1-14-6-8-27(12-17-4-5-20-19(10-17)24-13-29-20)9-7-18(14)25-15(2)21-11-23-22(30-21)26-16(3)28/h4-5,10-11,13H,1-2,6-9,12H2,3H3,(H,23,26,28). The fourth-order valence-corrected chi connectivity index (χ4v) is 4.81. The van der Waals surface area contributed by atoms with Crippen LogP contribution in [0.2, 0.25) is 0 Å². The highest BCUT2D eigenvalue weighted by molar-refractivity contribution is 7.17. The number of nitrogens with one attached hydrogen (secondary N) is 1. The van der Waals surface area contributed by atoms with Crippen LogP contribution >= 0.6 is 22.7 Å². The van der Waals surface area contributed by atoms with E-state index in [1.54, 1.807) is 17.5 Å². The summed E-state index contributed by atoms with van der Waals surface area (Å²) in [5, 5.41) is 3.25. The molecular weight excluding hydrogens is 414 g/mol. The SMILES string of the molecule is C=C1CCN(Cc2ccc3scnc3c2)CCC1=NC(=C)c1cnc(NC(C)=O)s1. The van der Waals surface area contributed by atoms with Gasteiger partial charge in [-0.05, 0) is 29.7 Å². The first-order valence-corrected chi connectivity index (χ1v) is 11.4. The summed E-state index contributed by atoms with van der Waals surface area (Å²) < 4.78 is 1.22. The minimum Gasteiger partial charge on any atom is -0.302 e. The average Bonchev–Trinajstić information content (AvgIpc) is 3.33. The van der Waals surface area contributed by atoms with E-state index in [0.29, 0.717) is 10.8 Å². The van der Waals surface area contributed by atoms with Crippen LogP contribution in [0.5, 0.6) is 0 Å². The summed E-state index contributed by atoms with van der Waals surface area (Å²) in [6.45, 7) is 12.6. The molecule has 0 unspecified atom stereocenters. The number of thiazole rings is 2. The van der Waals surface area contributed by atoms with Crippen LogP contribution in [-0.4, -0.2) is 39.6 Å². The summed E-state index contributed by atoms with van der Waals surface area (Å²) in [6, 6.07) is 6.52. The molecule has 0 spiro atoms. The maximum atomic E-state index is 11.2. The molecule has 4 rings (SSSR count). The summed E-state index contributed by atoms with van der Waals surface area (Å²) in [6.07, 6.45) is 3.40. The van der Waals surface area contributed by atoms with Crippen LogP contribution in [0.15, 0.2) is 53.6 Å². The fourth-order valence-electron chi connectivity index (χ4n) is 3.38. The van der Waals surface area contributed by atoms with E-state index in [1.807, 2.05) is 5.51 Å². The molecule has 0 aliphatic carbocycles. The summed E-state index contributed by atoms with van der Waals surface area (Å²) in [5.41, 5.74) is 6.94. The van der Waals surface area contributed by atoms with Gasteiger partial charge in [0.05, 0.1) is 26.3 Å². The number of hydrogen-bond donors (Lipinski definition) is 1. The topological polar surface area (TPSA) is 70.5 Å². The van der Waals surface area contributed by atoms with E-state index in [9.17, 15) is 4.79 Å². The van der Waals surface area contributed by atoms with E-state index in [0.717, 1.165) is 54.2 Å². The molecule has 8 heteroatoms. The first-order chi connectivity index (χ1) is 14.5. The van der Waals surface area contributed by atoms with Gasteiger partial charge in [0, 0.05) is 44.9 Å². The lowest BCUT2D eigenvalue weighted by molar-refractivity contribution is -0.114. The number of aliphatic imine (C=N–C) groups is 1. The Bertz CT molecular complexity index is 1140. The lowest BCUT2D eigenvalue weighted by Crippen LogP contribution is -2.24. The number of anilines is 1. The van der Waals surface area contributed by atoms with Crippen molar-refractivity contribution in [2.45, 2.75) is 26.3 Å². The number of hydrogen-bond acceptors (Lipinski definition) is 7. The zero-order chi connectivity index (χ0) is 21.1. The maximum absolute atomic E-state index is 11.2. The summed E-state index contributed by atoms with van der Waals surface area (Å²) in [5.74, 6) is -0.140. The van der Waals surface area contributed by atoms with Crippen molar-refractivity contribution < 1.29 is 4.79 Å². The Balaban J connectivity index is 1.42. The number of benzene rings is 1. The van der Waals surface area contributed by atoms with Gasteiger partial charge in [-0.2, -0.15) is 0 Å². The summed E-state index contributed by atoms with van der Waals surface area (Å²) >= 11 is 3.04. The van der Waals surface area contributed by atoms with Crippen molar-refractivity contribution in [3.05, 3.63) is 59.1 Å². The molecule has 1 fully saturated rings. The van der Waals surface area contributed by atoms with Crippen molar-refractivity contribution in [3.63, 3.8) is 0 Å². The minimum absolute atomic E-state index is 0.140. The smallest absolute Gasteiger partial charge is 0.223 e. The second kappa shape index (κ2) is 8.99. The number of likely N-dealkylation sites (tertiary alicyclic amines) is 1. The lowest BCUT2D eigenvalue weighted by Gasteiger charge is -2.19. The quantitative estimate of drug-likeness (QED) is 0.611. The first kappa shape index (κ1) is 20.6. The van der Waals surface area contributed by atoms with E-state index >= 15 is 0 Å². The molecule has 0 bridgehead atoms. The van der Waals surface area contributed by atoms with Gasteiger partial charge in [-0.3, -0.25) is 14.7 Å². The first-order valence-electron chi connectivity index (χ1n) is 9.71. The van der Waals surface area contributed by atoms with Crippen LogP contribution in [-0.2, 0) is 11.3 Å². The van der Waals surface area contributed by atoms with Crippen LogP contribution < -0.4 is 5.32 Å². The predicted octanol–water partition coefficient (Wildman–Crippen LogP) is 4.98. The van der Waals surface area contributed by atoms with Crippen molar-refractivity contribution in [1.29, 1.82) is 0 Å². The molecule has 0 atom stereocenters. The van der Waals surface area contributed by atoms with Gasteiger partial charge >= 0.3 is 0 Å². The van der Waals surface area contributed by atoms with E-state index in [2.05, 4.69) is 51.5 Å². The number of fused-ring (bicyclic) bond motifs is 1. The summed E-state index contributed by atoms with van der Waals surface area (Å²) in [4.78, 5) is 27.9. The highest BCUT2D eigenvalue weighted by atomic mass is 32.1. The third-order valence-corrected chi connectivity index (χ3v) is 6.72. The zero-order valence-corrected chi connectivity index (χ0v) is 18.5. The molecule has 1 aromatic carbocycles. The van der Waals surface area contributed by atoms with Crippen molar-refractivity contribution in [3.8, 4) is 0 Å². The van der Waals surface area contributed by atoms with Gasteiger partial charge < -0.3 is 5.32 Å². The maximum Gasteiger partial charge on any atom is 0.223 e. The largest absolute Gasteiger partial charge is 0.302 e. The normalized spacial score (nSPS) is 16.7. The average molecular weight is 438 g/mol.